The van der Waals surface area contributed by atoms with Gasteiger partial charge in [0.05, 0.1) is 25.8 Å². The van der Waals surface area contributed by atoms with E-state index in [1.165, 1.54) is 0 Å². The van der Waals surface area contributed by atoms with E-state index >= 15 is 0 Å². The van der Waals surface area contributed by atoms with Gasteiger partial charge in [0.25, 0.3) is 0 Å². The van der Waals surface area contributed by atoms with Crippen molar-refractivity contribution in [3.8, 4) is 22.9 Å². The molecule has 1 amide bonds. The van der Waals surface area contributed by atoms with E-state index in [1.807, 2.05) is 54.3 Å². The third-order valence-electron chi connectivity index (χ3n) is 5.83. The number of aromatic nitrogens is 2. The zero-order valence-electron chi connectivity index (χ0n) is 18.9. The lowest BCUT2D eigenvalue weighted by Crippen LogP contribution is -2.44. The highest BCUT2D eigenvalue weighted by atomic mass is 16.5. The second-order valence-electron chi connectivity index (χ2n) is 7.99. The first-order valence-corrected chi connectivity index (χ1v) is 10.7. The average Bonchev–Trinajstić information content (AvgIpc) is 3.33. The second kappa shape index (κ2) is 9.30. The Morgan fingerprint density at radius 2 is 1.94 bits per heavy atom. The smallest absolute Gasteiger partial charge is 0.324 e. The molecule has 8 heteroatoms. The van der Waals surface area contributed by atoms with Gasteiger partial charge in [0.15, 0.2) is 0 Å². The van der Waals surface area contributed by atoms with Crippen LogP contribution in [0.5, 0.6) is 11.5 Å². The van der Waals surface area contributed by atoms with Crippen LogP contribution in [-0.2, 0) is 4.79 Å². The summed E-state index contributed by atoms with van der Waals surface area (Å²) >= 11 is 0. The van der Waals surface area contributed by atoms with E-state index < -0.39 is 0 Å². The van der Waals surface area contributed by atoms with Crippen LogP contribution < -0.4 is 19.3 Å². The second-order valence-corrected chi connectivity index (χ2v) is 7.99. The van der Waals surface area contributed by atoms with Crippen molar-refractivity contribution in [3.63, 3.8) is 0 Å². The molecular weight excluding hydrogens is 408 g/mol. The fraction of sp³-hybridized carbons (Fsp3) is 0.375. The molecule has 3 aromatic rings. The molecule has 0 spiro atoms. The van der Waals surface area contributed by atoms with Crippen molar-refractivity contribution in [3.05, 3.63) is 48.0 Å². The van der Waals surface area contributed by atoms with Crippen molar-refractivity contribution in [1.29, 1.82) is 0 Å². The monoisotopic (exact) mass is 436 g/mol. The molecule has 2 heterocycles. The molecule has 8 nitrogen and oxygen atoms in total. The van der Waals surface area contributed by atoms with Crippen LogP contribution in [0.3, 0.4) is 0 Å². The molecule has 32 heavy (non-hydrogen) atoms. The number of carbonyl (C=O) groups is 1. The summed E-state index contributed by atoms with van der Waals surface area (Å²) in [7, 11) is 5.04. The Morgan fingerprint density at radius 1 is 1.16 bits per heavy atom. The zero-order valence-corrected chi connectivity index (χ0v) is 18.9. The van der Waals surface area contributed by atoms with Crippen LogP contribution in [0, 0.1) is 12.8 Å². The summed E-state index contributed by atoms with van der Waals surface area (Å²) in [6.07, 6.45) is 1.68. The summed E-state index contributed by atoms with van der Waals surface area (Å²) in [6.45, 7) is 3.30. The molecule has 1 atom stereocenters. The Balaban J connectivity index is 1.48. The van der Waals surface area contributed by atoms with Gasteiger partial charge in [-0.2, -0.15) is 4.98 Å². The van der Waals surface area contributed by atoms with Gasteiger partial charge in [-0.1, -0.05) is 11.2 Å². The standard InChI is InChI=1S/C24H28N4O4/c1-16-7-12-21(31-4)20(14-16)27(2)23(29)18-6-5-13-28(15-18)24-25-22(26-32-24)17-8-10-19(30-3)11-9-17/h7-12,14,18H,5-6,13,15H2,1-4H3. The van der Waals surface area contributed by atoms with Crippen molar-refractivity contribution >= 4 is 17.6 Å². The van der Waals surface area contributed by atoms with E-state index in [9.17, 15) is 4.79 Å². The maximum absolute atomic E-state index is 13.3. The Bertz CT molecular complexity index is 1080. The molecule has 1 unspecified atom stereocenters. The van der Waals surface area contributed by atoms with E-state index in [1.54, 1.807) is 26.2 Å². The summed E-state index contributed by atoms with van der Waals surface area (Å²) in [5.74, 6) is 1.84. The van der Waals surface area contributed by atoms with Gasteiger partial charge in [-0.3, -0.25) is 4.79 Å². The van der Waals surface area contributed by atoms with Crippen LogP contribution in [0.1, 0.15) is 18.4 Å². The summed E-state index contributed by atoms with van der Waals surface area (Å²) in [5.41, 5.74) is 2.69. The molecule has 0 radical (unpaired) electrons. The first kappa shape index (κ1) is 21.7. The summed E-state index contributed by atoms with van der Waals surface area (Å²) < 4.78 is 16.2. The number of anilines is 2. The number of rotatable bonds is 6. The lowest BCUT2D eigenvalue weighted by Gasteiger charge is -2.33. The van der Waals surface area contributed by atoms with Gasteiger partial charge in [-0.15, -0.1) is 0 Å². The SMILES string of the molecule is COc1ccc(-c2noc(N3CCCC(C(=O)N(C)c4cc(C)ccc4OC)C3)n2)cc1. The van der Waals surface area contributed by atoms with Crippen LogP contribution in [0.25, 0.3) is 11.4 Å². The van der Waals surface area contributed by atoms with Crippen molar-refractivity contribution in [2.75, 3.05) is 44.2 Å². The van der Waals surface area contributed by atoms with Gasteiger partial charge in [0.1, 0.15) is 11.5 Å². The van der Waals surface area contributed by atoms with E-state index in [0.717, 1.165) is 42.0 Å². The summed E-state index contributed by atoms with van der Waals surface area (Å²) in [6, 6.07) is 13.8. The molecule has 1 aliphatic rings. The van der Waals surface area contributed by atoms with Crippen LogP contribution in [-0.4, -0.2) is 50.4 Å². The van der Waals surface area contributed by atoms with E-state index in [2.05, 4.69) is 10.1 Å². The Kier molecular flexibility index (Phi) is 6.30. The first-order valence-electron chi connectivity index (χ1n) is 10.7. The molecule has 1 aliphatic heterocycles. The minimum atomic E-state index is -0.171. The molecular formula is C24H28N4O4. The topological polar surface area (TPSA) is 80.9 Å². The van der Waals surface area contributed by atoms with Gasteiger partial charge in [0.2, 0.25) is 11.7 Å². The molecule has 0 bridgehead atoms. The van der Waals surface area contributed by atoms with Crippen LogP contribution in [0.2, 0.25) is 0 Å². The Labute approximate surface area is 187 Å². The molecule has 168 valence electrons. The predicted molar refractivity (Wildman–Crippen MR) is 122 cm³/mol. The van der Waals surface area contributed by atoms with Crippen LogP contribution in [0.15, 0.2) is 47.0 Å². The molecule has 0 N–H and O–H groups in total. The third kappa shape index (κ3) is 4.39. The largest absolute Gasteiger partial charge is 0.497 e. The lowest BCUT2D eigenvalue weighted by atomic mass is 9.96. The molecule has 1 aromatic heterocycles. The number of nitrogens with zero attached hydrogens (tertiary/aromatic N) is 4. The maximum atomic E-state index is 13.3. The Morgan fingerprint density at radius 3 is 2.66 bits per heavy atom. The Hall–Kier alpha value is -3.55. The molecule has 0 aliphatic carbocycles. The highest BCUT2D eigenvalue weighted by Gasteiger charge is 2.31. The fourth-order valence-electron chi connectivity index (χ4n) is 4.01. The number of hydrogen-bond acceptors (Lipinski definition) is 7. The molecule has 0 saturated carbocycles. The third-order valence-corrected chi connectivity index (χ3v) is 5.83. The number of ether oxygens (including phenoxy) is 2. The minimum Gasteiger partial charge on any atom is -0.497 e. The van der Waals surface area contributed by atoms with Crippen molar-refractivity contribution in [2.24, 2.45) is 5.92 Å². The highest BCUT2D eigenvalue weighted by molar-refractivity contribution is 5.96. The number of carbonyl (C=O) groups excluding carboxylic acids is 1. The normalized spacial score (nSPS) is 16.0. The van der Waals surface area contributed by atoms with Crippen molar-refractivity contribution in [2.45, 2.75) is 19.8 Å². The molecule has 1 saturated heterocycles. The molecule has 2 aromatic carbocycles. The number of hydrogen-bond donors (Lipinski definition) is 0. The molecule has 4 rings (SSSR count). The zero-order chi connectivity index (χ0) is 22.7. The van der Waals surface area contributed by atoms with Gasteiger partial charge in [0, 0.05) is 25.7 Å². The number of piperidine rings is 1. The quantitative estimate of drug-likeness (QED) is 0.579. The average molecular weight is 437 g/mol. The van der Waals surface area contributed by atoms with E-state index in [-0.39, 0.29) is 11.8 Å². The van der Waals surface area contributed by atoms with E-state index in [4.69, 9.17) is 14.0 Å². The fourth-order valence-corrected chi connectivity index (χ4v) is 4.01. The number of aryl methyl sites for hydroxylation is 1. The summed E-state index contributed by atoms with van der Waals surface area (Å²) in [5, 5.41) is 4.12. The number of amides is 1. The van der Waals surface area contributed by atoms with Crippen molar-refractivity contribution < 1.29 is 18.8 Å². The molecule has 1 fully saturated rings. The van der Waals surface area contributed by atoms with Gasteiger partial charge in [-0.05, 0) is 61.7 Å². The van der Waals surface area contributed by atoms with Crippen LogP contribution >= 0.6 is 0 Å². The van der Waals surface area contributed by atoms with Gasteiger partial charge >= 0.3 is 6.01 Å². The number of methoxy groups -OCH3 is 2. The number of benzene rings is 2. The minimum absolute atomic E-state index is 0.0495. The van der Waals surface area contributed by atoms with Crippen molar-refractivity contribution in [1.82, 2.24) is 10.1 Å². The predicted octanol–water partition coefficient (Wildman–Crippen LogP) is 3.94. The first-order chi connectivity index (χ1) is 15.5. The maximum Gasteiger partial charge on any atom is 0.324 e. The highest BCUT2D eigenvalue weighted by Crippen LogP contribution is 2.32. The van der Waals surface area contributed by atoms with Crippen LogP contribution in [0.4, 0.5) is 11.7 Å². The summed E-state index contributed by atoms with van der Waals surface area (Å²) in [4.78, 5) is 21.5. The van der Waals surface area contributed by atoms with Gasteiger partial charge in [-0.25, -0.2) is 0 Å². The van der Waals surface area contributed by atoms with Gasteiger partial charge < -0.3 is 23.8 Å². The lowest BCUT2D eigenvalue weighted by molar-refractivity contribution is -0.122. The van der Waals surface area contributed by atoms with E-state index in [0.29, 0.717) is 24.1 Å².